The highest BCUT2D eigenvalue weighted by Gasteiger charge is 2.07. The van der Waals surface area contributed by atoms with E-state index in [1.807, 2.05) is 0 Å². The second kappa shape index (κ2) is 9.97. The van der Waals surface area contributed by atoms with E-state index in [9.17, 15) is 13.2 Å². The van der Waals surface area contributed by atoms with Crippen LogP contribution in [0.2, 0.25) is 0 Å². The van der Waals surface area contributed by atoms with E-state index in [4.69, 9.17) is 4.74 Å². The lowest BCUT2D eigenvalue weighted by Gasteiger charge is -2.09. The Balaban J connectivity index is 1.83. The van der Waals surface area contributed by atoms with Gasteiger partial charge in [-0.15, -0.1) is 0 Å². The van der Waals surface area contributed by atoms with Crippen molar-refractivity contribution in [1.29, 1.82) is 0 Å². The summed E-state index contributed by atoms with van der Waals surface area (Å²) >= 11 is 0. The second-order valence-electron chi connectivity index (χ2n) is 6.31. The fraction of sp³-hybridized carbons (Fsp3) is 0.350. The van der Waals surface area contributed by atoms with Crippen molar-refractivity contribution in [2.75, 3.05) is 18.1 Å². The summed E-state index contributed by atoms with van der Waals surface area (Å²) in [6.07, 6.45) is 5.61. The largest absolute Gasteiger partial charge is 0.457 e. The normalized spacial score (nSPS) is 11.0. The van der Waals surface area contributed by atoms with Crippen LogP contribution in [0.25, 0.3) is 0 Å². The Morgan fingerprint density at radius 2 is 1.52 bits per heavy atom. The van der Waals surface area contributed by atoms with Gasteiger partial charge in [0.2, 0.25) is 0 Å². The van der Waals surface area contributed by atoms with E-state index in [-0.39, 0.29) is 10.9 Å². The van der Waals surface area contributed by atoms with E-state index >= 15 is 0 Å². The van der Waals surface area contributed by atoms with Crippen molar-refractivity contribution in [1.82, 2.24) is 5.32 Å². The number of sulfone groups is 1. The van der Waals surface area contributed by atoms with E-state index < -0.39 is 9.84 Å². The highest BCUT2D eigenvalue weighted by molar-refractivity contribution is 7.90. The van der Waals surface area contributed by atoms with Gasteiger partial charge < -0.3 is 15.4 Å². The maximum Gasteiger partial charge on any atom is 0.319 e. The summed E-state index contributed by atoms with van der Waals surface area (Å²) < 4.78 is 28.6. The van der Waals surface area contributed by atoms with Crippen molar-refractivity contribution in [3.63, 3.8) is 0 Å². The summed E-state index contributed by atoms with van der Waals surface area (Å²) in [7, 11) is -3.22. The van der Waals surface area contributed by atoms with E-state index in [2.05, 4.69) is 17.6 Å². The number of carbonyl (C=O) groups is 1. The molecule has 0 fully saturated rings. The molecule has 2 aromatic rings. The number of hydrogen-bond donors (Lipinski definition) is 2. The molecule has 0 atom stereocenters. The molecule has 2 N–H and O–H groups in total. The zero-order valence-electron chi connectivity index (χ0n) is 15.7. The van der Waals surface area contributed by atoms with E-state index in [1.54, 1.807) is 36.4 Å². The first-order chi connectivity index (χ1) is 12.9. The van der Waals surface area contributed by atoms with Gasteiger partial charge in [0, 0.05) is 18.5 Å². The van der Waals surface area contributed by atoms with Crippen LogP contribution < -0.4 is 15.4 Å². The lowest BCUT2D eigenvalue weighted by molar-refractivity contribution is 0.252. The van der Waals surface area contributed by atoms with Crippen LogP contribution in [0.1, 0.15) is 32.6 Å². The number of rotatable bonds is 9. The molecule has 0 bridgehead atoms. The summed E-state index contributed by atoms with van der Waals surface area (Å²) in [5, 5.41) is 5.61. The summed E-state index contributed by atoms with van der Waals surface area (Å²) in [6, 6.07) is 13.0. The lowest BCUT2D eigenvalue weighted by Crippen LogP contribution is -2.29. The molecule has 7 heteroatoms. The minimum absolute atomic E-state index is 0.225. The van der Waals surface area contributed by atoms with Gasteiger partial charge in [0.05, 0.1) is 4.90 Å². The monoisotopic (exact) mass is 390 g/mol. The van der Waals surface area contributed by atoms with E-state index in [0.29, 0.717) is 23.7 Å². The van der Waals surface area contributed by atoms with Crippen molar-refractivity contribution >= 4 is 21.6 Å². The number of benzene rings is 2. The van der Waals surface area contributed by atoms with Gasteiger partial charge in [-0.25, -0.2) is 13.2 Å². The zero-order chi connectivity index (χ0) is 19.7. The molecule has 2 rings (SSSR count). The molecule has 0 heterocycles. The standard InChI is InChI=1S/C20H26N2O4S/c1-3-4-5-6-15-21-20(23)22-16-7-9-17(10-8-16)26-18-11-13-19(14-12-18)27(2,24)25/h7-14H,3-6,15H2,1-2H3,(H2,21,22,23). The van der Waals surface area contributed by atoms with Gasteiger partial charge in [0.1, 0.15) is 11.5 Å². The number of anilines is 1. The molecule has 0 unspecified atom stereocenters. The first kappa shape index (κ1) is 20.8. The molecule has 6 nitrogen and oxygen atoms in total. The Morgan fingerprint density at radius 1 is 0.926 bits per heavy atom. The van der Waals surface area contributed by atoms with Crippen LogP contribution in [0.3, 0.4) is 0 Å². The van der Waals surface area contributed by atoms with Crippen LogP contribution in [0, 0.1) is 0 Å². The number of carbonyl (C=O) groups excluding carboxylic acids is 1. The molecule has 0 aliphatic heterocycles. The van der Waals surface area contributed by atoms with Crippen LogP contribution in [0.4, 0.5) is 10.5 Å². The Morgan fingerprint density at radius 3 is 2.07 bits per heavy atom. The highest BCUT2D eigenvalue weighted by Crippen LogP contribution is 2.24. The third-order valence-electron chi connectivity index (χ3n) is 3.92. The summed E-state index contributed by atoms with van der Waals surface area (Å²) in [5.74, 6) is 1.13. The van der Waals surface area contributed by atoms with Gasteiger partial charge in [-0.05, 0) is 55.0 Å². The zero-order valence-corrected chi connectivity index (χ0v) is 16.5. The maximum atomic E-state index is 11.8. The van der Waals surface area contributed by atoms with Crippen molar-refractivity contribution in [2.24, 2.45) is 0 Å². The van der Waals surface area contributed by atoms with E-state index in [1.165, 1.54) is 25.0 Å². The first-order valence-electron chi connectivity index (χ1n) is 9.01. The molecule has 146 valence electrons. The number of nitrogens with one attached hydrogen (secondary N) is 2. The second-order valence-corrected chi connectivity index (χ2v) is 8.33. The van der Waals surface area contributed by atoms with Gasteiger partial charge in [0.25, 0.3) is 0 Å². The quantitative estimate of drug-likeness (QED) is 0.614. The molecule has 2 aromatic carbocycles. The Kier molecular flexibility index (Phi) is 7.67. The van der Waals surface area contributed by atoms with Crippen LogP contribution in [-0.2, 0) is 9.84 Å². The topological polar surface area (TPSA) is 84.5 Å². The SMILES string of the molecule is CCCCCCNC(=O)Nc1ccc(Oc2ccc(S(C)(=O)=O)cc2)cc1. The van der Waals surface area contributed by atoms with Crippen molar-refractivity contribution in [3.05, 3.63) is 48.5 Å². The van der Waals surface area contributed by atoms with Crippen LogP contribution >= 0.6 is 0 Å². The number of hydrogen-bond acceptors (Lipinski definition) is 4. The van der Waals surface area contributed by atoms with Crippen LogP contribution in [-0.4, -0.2) is 27.2 Å². The maximum absolute atomic E-state index is 11.8. The van der Waals surface area contributed by atoms with E-state index in [0.717, 1.165) is 19.1 Å². The minimum atomic E-state index is -3.22. The molecule has 0 spiro atoms. The van der Waals surface area contributed by atoms with Crippen LogP contribution in [0.15, 0.2) is 53.4 Å². The molecular weight excluding hydrogens is 364 g/mol. The molecule has 2 amide bonds. The van der Waals surface area contributed by atoms with Gasteiger partial charge in [-0.1, -0.05) is 26.2 Å². The van der Waals surface area contributed by atoms with Gasteiger partial charge in [-0.2, -0.15) is 0 Å². The summed E-state index contributed by atoms with van der Waals surface area (Å²) in [5.41, 5.74) is 0.667. The predicted molar refractivity (Wildman–Crippen MR) is 107 cm³/mol. The summed E-state index contributed by atoms with van der Waals surface area (Å²) in [6.45, 7) is 2.81. The van der Waals surface area contributed by atoms with Crippen molar-refractivity contribution in [3.8, 4) is 11.5 Å². The summed E-state index contributed by atoms with van der Waals surface area (Å²) in [4.78, 5) is 12.1. The Bertz CT molecular complexity index is 831. The fourth-order valence-corrected chi connectivity index (χ4v) is 3.06. The molecule has 0 saturated heterocycles. The molecule has 0 saturated carbocycles. The van der Waals surface area contributed by atoms with Crippen molar-refractivity contribution in [2.45, 2.75) is 37.5 Å². The number of ether oxygens (including phenoxy) is 1. The van der Waals surface area contributed by atoms with Crippen LogP contribution in [0.5, 0.6) is 11.5 Å². The van der Waals surface area contributed by atoms with Gasteiger partial charge in [-0.3, -0.25) is 0 Å². The number of amides is 2. The molecular formula is C20H26N2O4S. The molecule has 0 aliphatic carbocycles. The first-order valence-corrected chi connectivity index (χ1v) is 10.9. The lowest BCUT2D eigenvalue weighted by atomic mass is 10.2. The van der Waals surface area contributed by atoms with Gasteiger partial charge >= 0.3 is 6.03 Å². The fourth-order valence-electron chi connectivity index (χ4n) is 2.43. The van der Waals surface area contributed by atoms with Gasteiger partial charge in [0.15, 0.2) is 9.84 Å². The number of urea groups is 1. The molecule has 0 aromatic heterocycles. The third kappa shape index (κ3) is 7.30. The molecule has 0 radical (unpaired) electrons. The van der Waals surface area contributed by atoms with Crippen molar-refractivity contribution < 1.29 is 17.9 Å². The number of unbranched alkanes of at least 4 members (excludes halogenated alkanes) is 3. The average molecular weight is 391 g/mol. The molecule has 27 heavy (non-hydrogen) atoms. The smallest absolute Gasteiger partial charge is 0.319 e. The molecule has 0 aliphatic rings. The Labute approximate surface area is 160 Å². The third-order valence-corrected chi connectivity index (χ3v) is 5.04. The predicted octanol–water partition coefficient (Wildman–Crippen LogP) is 4.58. The highest BCUT2D eigenvalue weighted by atomic mass is 32.2. The Hall–Kier alpha value is -2.54. The average Bonchev–Trinajstić information content (AvgIpc) is 2.63. The minimum Gasteiger partial charge on any atom is -0.457 e.